The van der Waals surface area contributed by atoms with E-state index in [0.717, 1.165) is 83.3 Å². The predicted octanol–water partition coefficient (Wildman–Crippen LogP) is 8.16. The average Bonchev–Trinajstić information content (AvgIpc) is 3.64. The number of H-pyrrole nitrogens is 1. The number of piperidine rings is 1. The quantitative estimate of drug-likeness (QED) is 0.0482. The molecule has 3 atom stereocenters. The van der Waals surface area contributed by atoms with Crippen molar-refractivity contribution < 1.29 is 24.2 Å². The minimum atomic E-state index is -0.599. The highest BCUT2D eigenvalue weighted by Gasteiger charge is 2.34. The molecule has 2 aliphatic heterocycles. The van der Waals surface area contributed by atoms with Crippen LogP contribution >= 0.6 is 0 Å². The smallest absolute Gasteiger partial charge is 0.326 e. The summed E-state index contributed by atoms with van der Waals surface area (Å²) in [7, 11) is 0. The molecule has 2 amide bonds. The van der Waals surface area contributed by atoms with Crippen molar-refractivity contribution in [2.75, 3.05) is 30.7 Å². The summed E-state index contributed by atoms with van der Waals surface area (Å²) in [5, 5.41) is 15.6. The van der Waals surface area contributed by atoms with Gasteiger partial charge in [-0.3, -0.25) is 14.2 Å². The standard InChI is InChI=1S/C50H56N6O6/c51-42-14-4-5-15-43(42)53-48(59)19-3-1-2-18-47(58)52-31-35-10-8-11-37(28-35)38-12-9-13-39(29-38)49-61-41(30-46(62-49)36-22-20-34(33-57)21-23-36)32-55-26-24-40(25-27-55)56-45-17-7-6-16-44(45)54-50(56)60/h4-17,20-23,28-29,40-41,46,49,57H,1-3,18-19,24-27,30-33,51H2,(H,52,58)(H,53,59)(H,54,60). The third-order valence-corrected chi connectivity index (χ3v) is 12.1. The van der Waals surface area contributed by atoms with Gasteiger partial charge in [0.1, 0.15) is 0 Å². The summed E-state index contributed by atoms with van der Waals surface area (Å²) in [6.07, 6.45) is 4.48. The number of hydrogen-bond acceptors (Lipinski definition) is 8. The van der Waals surface area contributed by atoms with Crippen LogP contribution in [0.5, 0.6) is 0 Å². The molecule has 0 aliphatic carbocycles. The zero-order valence-corrected chi connectivity index (χ0v) is 35.0. The number of aromatic nitrogens is 2. The van der Waals surface area contributed by atoms with E-state index in [1.165, 1.54) is 0 Å². The number of fused-ring (bicyclic) bond motifs is 1. The van der Waals surface area contributed by atoms with Gasteiger partial charge in [-0.2, -0.15) is 0 Å². The van der Waals surface area contributed by atoms with Crippen molar-refractivity contribution >= 4 is 34.2 Å². The van der Waals surface area contributed by atoms with E-state index in [2.05, 4.69) is 44.8 Å². The number of carbonyl (C=O) groups is 2. The average molecular weight is 837 g/mol. The molecule has 1 aromatic heterocycles. The molecule has 8 rings (SSSR count). The van der Waals surface area contributed by atoms with Gasteiger partial charge in [0.2, 0.25) is 11.8 Å². The molecule has 0 radical (unpaired) electrons. The number of nitrogens with zero attached hydrogens (tertiary/aromatic N) is 2. The third-order valence-electron chi connectivity index (χ3n) is 12.1. The fourth-order valence-electron chi connectivity index (χ4n) is 8.70. The Morgan fingerprint density at radius 2 is 1.48 bits per heavy atom. The lowest BCUT2D eigenvalue weighted by atomic mass is 9.97. The molecule has 6 N–H and O–H groups in total. The first kappa shape index (κ1) is 42.6. The zero-order valence-electron chi connectivity index (χ0n) is 35.0. The van der Waals surface area contributed by atoms with Gasteiger partial charge in [0.25, 0.3) is 0 Å². The van der Waals surface area contributed by atoms with Gasteiger partial charge in [-0.05, 0) is 89.9 Å². The summed E-state index contributed by atoms with van der Waals surface area (Å²) in [5.74, 6) is -0.101. The van der Waals surface area contributed by atoms with E-state index < -0.39 is 6.29 Å². The van der Waals surface area contributed by atoms with Crippen LogP contribution in [0.15, 0.2) is 126 Å². The normalized spacial score (nSPS) is 18.4. The van der Waals surface area contributed by atoms with Crippen molar-refractivity contribution in [3.63, 3.8) is 0 Å². The SMILES string of the molecule is Nc1ccccc1NC(=O)CCCCCC(=O)NCc1cccc(-c2cccc(C3OC(CN4CCC(n5c(=O)[nH]c6ccccc65)CC4)CC(c4ccc(CO)cc4)O3)c2)c1. The molecule has 0 bridgehead atoms. The largest absolute Gasteiger partial charge is 0.397 e. The Morgan fingerprint density at radius 1 is 0.758 bits per heavy atom. The molecule has 12 nitrogen and oxygen atoms in total. The molecule has 62 heavy (non-hydrogen) atoms. The van der Waals surface area contributed by atoms with Crippen LogP contribution in [0.4, 0.5) is 11.4 Å². The second-order valence-corrected chi connectivity index (χ2v) is 16.5. The van der Waals surface area contributed by atoms with Crippen LogP contribution in [-0.2, 0) is 32.2 Å². The lowest BCUT2D eigenvalue weighted by molar-refractivity contribution is -0.253. The fraction of sp³-hybridized carbons (Fsp3) is 0.340. The van der Waals surface area contributed by atoms with Gasteiger partial charge in [-0.25, -0.2) is 4.79 Å². The second-order valence-electron chi connectivity index (χ2n) is 16.5. The Labute approximate surface area is 362 Å². The van der Waals surface area contributed by atoms with E-state index in [9.17, 15) is 19.5 Å². The summed E-state index contributed by atoms with van der Waals surface area (Å²) < 4.78 is 15.4. The van der Waals surface area contributed by atoms with Crippen LogP contribution in [0.2, 0.25) is 0 Å². The Hall–Kier alpha value is -6.05. The molecule has 6 aromatic rings. The van der Waals surface area contributed by atoms with E-state index in [1.54, 1.807) is 12.1 Å². The summed E-state index contributed by atoms with van der Waals surface area (Å²) in [4.78, 5) is 43.4. The van der Waals surface area contributed by atoms with E-state index in [1.807, 2.05) is 89.5 Å². The number of para-hydroxylation sites is 4. The lowest BCUT2D eigenvalue weighted by Crippen LogP contribution is -2.43. The number of amides is 2. The van der Waals surface area contributed by atoms with Crippen molar-refractivity contribution in [3.05, 3.63) is 154 Å². The number of aromatic amines is 1. The van der Waals surface area contributed by atoms with Crippen LogP contribution in [-0.4, -0.2) is 57.1 Å². The zero-order chi connectivity index (χ0) is 42.8. The summed E-state index contributed by atoms with van der Waals surface area (Å²) in [6, 6.07) is 39.6. The number of aliphatic hydroxyl groups is 1. The number of ether oxygens (including phenoxy) is 2. The Bertz CT molecular complexity index is 2510. The maximum absolute atomic E-state index is 12.9. The fourth-order valence-corrected chi connectivity index (χ4v) is 8.70. The van der Waals surface area contributed by atoms with Crippen molar-refractivity contribution in [1.29, 1.82) is 0 Å². The van der Waals surface area contributed by atoms with Gasteiger partial charge < -0.3 is 40.8 Å². The summed E-state index contributed by atoms with van der Waals surface area (Å²) >= 11 is 0. The van der Waals surface area contributed by atoms with Crippen molar-refractivity contribution in [2.45, 2.75) is 89.1 Å². The number of unbranched alkanes of at least 4 members (excludes halogenated alkanes) is 2. The molecule has 2 fully saturated rings. The van der Waals surface area contributed by atoms with Crippen molar-refractivity contribution in [3.8, 4) is 11.1 Å². The summed E-state index contributed by atoms with van der Waals surface area (Å²) in [5.41, 5.74) is 14.7. The number of nitrogens with two attached hydrogens (primary N) is 1. The molecule has 322 valence electrons. The van der Waals surface area contributed by atoms with Gasteiger partial charge in [0.05, 0.1) is 41.2 Å². The number of likely N-dealkylation sites (tertiary alicyclic amines) is 1. The molecule has 3 heterocycles. The number of anilines is 2. The first-order chi connectivity index (χ1) is 30.3. The van der Waals surface area contributed by atoms with Gasteiger partial charge in [0, 0.05) is 57.0 Å². The van der Waals surface area contributed by atoms with Gasteiger partial charge in [0.15, 0.2) is 6.29 Å². The van der Waals surface area contributed by atoms with Crippen LogP contribution in [0, 0.1) is 0 Å². The highest BCUT2D eigenvalue weighted by molar-refractivity contribution is 5.93. The molecule has 5 aromatic carbocycles. The Kier molecular flexibility index (Phi) is 13.9. The molecule has 0 saturated carbocycles. The van der Waals surface area contributed by atoms with Crippen LogP contribution in [0.25, 0.3) is 22.2 Å². The molecular weight excluding hydrogens is 781 g/mol. The Balaban J connectivity index is 0.868. The van der Waals surface area contributed by atoms with Crippen LogP contribution in [0.1, 0.15) is 92.1 Å². The third kappa shape index (κ3) is 10.7. The number of carbonyl (C=O) groups excluding carboxylic acids is 2. The van der Waals surface area contributed by atoms with E-state index in [4.69, 9.17) is 15.2 Å². The first-order valence-corrected chi connectivity index (χ1v) is 21.8. The van der Waals surface area contributed by atoms with Crippen LogP contribution in [0.3, 0.4) is 0 Å². The van der Waals surface area contributed by atoms with Gasteiger partial charge in [-0.15, -0.1) is 0 Å². The number of imidazole rings is 1. The number of rotatable bonds is 16. The Morgan fingerprint density at radius 3 is 2.27 bits per heavy atom. The molecule has 2 aliphatic rings. The number of nitrogen functional groups attached to an aromatic ring is 1. The van der Waals surface area contributed by atoms with Crippen LogP contribution < -0.4 is 22.1 Å². The highest BCUT2D eigenvalue weighted by atomic mass is 16.7. The number of hydrogen-bond donors (Lipinski definition) is 5. The van der Waals surface area contributed by atoms with Crippen molar-refractivity contribution in [2.24, 2.45) is 0 Å². The lowest BCUT2D eigenvalue weighted by Gasteiger charge is -2.40. The van der Waals surface area contributed by atoms with E-state index in [0.29, 0.717) is 50.0 Å². The molecule has 0 spiro atoms. The van der Waals surface area contributed by atoms with E-state index in [-0.39, 0.29) is 42.4 Å². The second kappa shape index (κ2) is 20.2. The molecule has 3 unspecified atom stereocenters. The van der Waals surface area contributed by atoms with Gasteiger partial charge in [-0.1, -0.05) is 91.3 Å². The maximum atomic E-state index is 12.9. The topological polar surface area (TPSA) is 164 Å². The predicted molar refractivity (Wildman–Crippen MR) is 242 cm³/mol. The number of aliphatic hydroxyl groups excluding tert-OH is 1. The molecule has 12 heteroatoms. The van der Waals surface area contributed by atoms with Gasteiger partial charge >= 0.3 is 5.69 Å². The van der Waals surface area contributed by atoms with E-state index >= 15 is 0 Å². The minimum Gasteiger partial charge on any atom is -0.397 e. The van der Waals surface area contributed by atoms with Crippen molar-refractivity contribution in [1.82, 2.24) is 19.8 Å². The molecule has 2 saturated heterocycles. The monoisotopic (exact) mass is 836 g/mol. The number of benzene rings is 5. The highest BCUT2D eigenvalue weighted by Crippen LogP contribution is 2.39. The maximum Gasteiger partial charge on any atom is 0.326 e. The number of nitrogens with one attached hydrogen (secondary N) is 3. The minimum absolute atomic E-state index is 0.0171. The summed E-state index contributed by atoms with van der Waals surface area (Å²) in [6.45, 7) is 2.86. The first-order valence-electron chi connectivity index (χ1n) is 21.8. The molecular formula is C50H56N6O6.